The Balaban J connectivity index is 1.65. The second-order valence-electron chi connectivity index (χ2n) is 5.51. The third-order valence-electron chi connectivity index (χ3n) is 3.74. The monoisotopic (exact) mass is 323 g/mol. The van der Waals surface area contributed by atoms with E-state index in [1.54, 1.807) is 6.07 Å². The van der Waals surface area contributed by atoms with Crippen molar-refractivity contribution in [1.82, 2.24) is 10.2 Å². The van der Waals surface area contributed by atoms with Gasteiger partial charge in [-0.1, -0.05) is 36.4 Å². The van der Waals surface area contributed by atoms with E-state index in [-0.39, 0.29) is 18.2 Å². The number of H-pyrrole nitrogens is 1. The molecular weight excluding hydrogens is 306 g/mol. The molecule has 6 heteroatoms. The summed E-state index contributed by atoms with van der Waals surface area (Å²) in [6, 6.07) is 13.0. The lowest BCUT2D eigenvalue weighted by molar-refractivity contribution is -0.119. The first kappa shape index (κ1) is 15.7. The molecule has 2 N–H and O–H groups in total. The van der Waals surface area contributed by atoms with Crippen molar-refractivity contribution in [1.29, 1.82) is 0 Å². The maximum absolute atomic E-state index is 12.1. The number of esters is 1. The van der Waals surface area contributed by atoms with Crippen LogP contribution in [-0.2, 0) is 9.53 Å². The van der Waals surface area contributed by atoms with Gasteiger partial charge in [-0.2, -0.15) is 5.10 Å². The molecule has 0 spiro atoms. The predicted octanol–water partition coefficient (Wildman–Crippen LogP) is 2.98. The van der Waals surface area contributed by atoms with Gasteiger partial charge in [0.1, 0.15) is 0 Å². The summed E-state index contributed by atoms with van der Waals surface area (Å²) in [7, 11) is 0. The summed E-state index contributed by atoms with van der Waals surface area (Å²) in [6.45, 7) is 3.45. The molecule has 0 saturated carbocycles. The van der Waals surface area contributed by atoms with Crippen LogP contribution in [0.2, 0.25) is 0 Å². The van der Waals surface area contributed by atoms with E-state index in [9.17, 15) is 9.59 Å². The SMILES string of the molecule is Cc1cccc(C)c1NC(=O)COC(=O)c1n[nH]c2ccccc12. The van der Waals surface area contributed by atoms with Crippen LogP contribution in [0.1, 0.15) is 21.6 Å². The van der Waals surface area contributed by atoms with Crippen LogP contribution in [0, 0.1) is 13.8 Å². The average Bonchev–Trinajstić information content (AvgIpc) is 3.00. The van der Waals surface area contributed by atoms with Gasteiger partial charge in [0, 0.05) is 11.1 Å². The van der Waals surface area contributed by atoms with Gasteiger partial charge in [0.2, 0.25) is 0 Å². The molecule has 0 fully saturated rings. The number of ether oxygens (including phenoxy) is 1. The largest absolute Gasteiger partial charge is 0.451 e. The summed E-state index contributed by atoms with van der Waals surface area (Å²) in [5, 5.41) is 10.2. The fourth-order valence-electron chi connectivity index (χ4n) is 2.51. The summed E-state index contributed by atoms with van der Waals surface area (Å²) in [5.41, 5.74) is 3.56. The topological polar surface area (TPSA) is 84.1 Å². The third-order valence-corrected chi connectivity index (χ3v) is 3.74. The Morgan fingerprint density at radius 2 is 1.79 bits per heavy atom. The summed E-state index contributed by atoms with van der Waals surface area (Å²) in [5.74, 6) is -1.02. The lowest BCUT2D eigenvalue weighted by Gasteiger charge is -2.11. The van der Waals surface area contributed by atoms with Crippen molar-refractivity contribution in [3.8, 4) is 0 Å². The Bertz CT molecular complexity index is 895. The summed E-state index contributed by atoms with van der Waals surface area (Å²) in [6.07, 6.45) is 0. The van der Waals surface area contributed by atoms with Gasteiger partial charge in [-0.15, -0.1) is 0 Å². The van der Waals surface area contributed by atoms with Crippen LogP contribution in [0.3, 0.4) is 0 Å². The van der Waals surface area contributed by atoms with E-state index >= 15 is 0 Å². The summed E-state index contributed by atoms with van der Waals surface area (Å²) >= 11 is 0. The molecule has 0 radical (unpaired) electrons. The number of benzene rings is 2. The van der Waals surface area contributed by atoms with Gasteiger partial charge in [0.05, 0.1) is 5.52 Å². The summed E-state index contributed by atoms with van der Waals surface area (Å²) < 4.78 is 5.07. The van der Waals surface area contributed by atoms with E-state index in [1.807, 2.05) is 50.2 Å². The van der Waals surface area contributed by atoms with Crippen molar-refractivity contribution in [3.05, 3.63) is 59.3 Å². The molecule has 3 rings (SSSR count). The average molecular weight is 323 g/mol. The highest BCUT2D eigenvalue weighted by Crippen LogP contribution is 2.19. The van der Waals surface area contributed by atoms with E-state index < -0.39 is 5.97 Å². The molecule has 0 unspecified atom stereocenters. The van der Waals surface area contributed by atoms with Crippen LogP contribution in [0.4, 0.5) is 5.69 Å². The van der Waals surface area contributed by atoms with Crippen LogP contribution >= 0.6 is 0 Å². The first-order valence-electron chi connectivity index (χ1n) is 7.52. The van der Waals surface area contributed by atoms with E-state index in [2.05, 4.69) is 15.5 Å². The first-order valence-corrected chi connectivity index (χ1v) is 7.52. The molecule has 0 bridgehead atoms. The number of aryl methyl sites for hydroxylation is 2. The zero-order chi connectivity index (χ0) is 17.1. The number of hydrogen-bond acceptors (Lipinski definition) is 4. The molecular formula is C18H17N3O3. The number of hydrogen-bond donors (Lipinski definition) is 2. The Morgan fingerprint density at radius 3 is 2.54 bits per heavy atom. The highest BCUT2D eigenvalue weighted by molar-refractivity contribution is 6.03. The minimum Gasteiger partial charge on any atom is -0.451 e. The maximum atomic E-state index is 12.1. The number of rotatable bonds is 4. The number of aromatic amines is 1. The number of carbonyl (C=O) groups is 2. The van der Waals surface area contributed by atoms with Crippen LogP contribution in [0.15, 0.2) is 42.5 Å². The number of amides is 1. The molecule has 0 aliphatic heterocycles. The fourth-order valence-corrected chi connectivity index (χ4v) is 2.51. The van der Waals surface area contributed by atoms with Crippen molar-refractivity contribution < 1.29 is 14.3 Å². The fraction of sp³-hybridized carbons (Fsp3) is 0.167. The second kappa shape index (κ2) is 6.54. The number of carbonyl (C=O) groups excluding carboxylic acids is 2. The van der Waals surface area contributed by atoms with Gasteiger partial charge < -0.3 is 10.1 Å². The zero-order valence-corrected chi connectivity index (χ0v) is 13.4. The smallest absolute Gasteiger partial charge is 0.359 e. The van der Waals surface area contributed by atoms with Crippen molar-refractivity contribution in [3.63, 3.8) is 0 Å². The maximum Gasteiger partial charge on any atom is 0.359 e. The molecule has 6 nitrogen and oxygen atoms in total. The number of aromatic nitrogens is 2. The molecule has 0 saturated heterocycles. The second-order valence-corrected chi connectivity index (χ2v) is 5.51. The number of anilines is 1. The van der Waals surface area contributed by atoms with E-state index in [0.29, 0.717) is 5.39 Å². The molecule has 24 heavy (non-hydrogen) atoms. The summed E-state index contributed by atoms with van der Waals surface area (Å²) in [4.78, 5) is 24.2. The Labute approximate surface area is 138 Å². The Hall–Kier alpha value is -3.15. The third kappa shape index (κ3) is 3.12. The molecule has 1 heterocycles. The van der Waals surface area contributed by atoms with Crippen LogP contribution in [0.25, 0.3) is 10.9 Å². The lowest BCUT2D eigenvalue weighted by atomic mass is 10.1. The molecule has 1 aromatic heterocycles. The highest BCUT2D eigenvalue weighted by atomic mass is 16.5. The van der Waals surface area contributed by atoms with E-state index in [4.69, 9.17) is 4.74 Å². The molecule has 3 aromatic rings. The van der Waals surface area contributed by atoms with Gasteiger partial charge in [-0.05, 0) is 31.0 Å². The van der Waals surface area contributed by atoms with Crippen molar-refractivity contribution in [2.24, 2.45) is 0 Å². The van der Waals surface area contributed by atoms with Crippen molar-refractivity contribution in [2.75, 3.05) is 11.9 Å². The number of nitrogens with zero attached hydrogens (tertiary/aromatic N) is 1. The highest BCUT2D eigenvalue weighted by Gasteiger charge is 2.17. The van der Waals surface area contributed by atoms with Gasteiger partial charge in [-0.25, -0.2) is 4.79 Å². The normalized spacial score (nSPS) is 10.6. The number of fused-ring (bicyclic) bond motifs is 1. The van der Waals surface area contributed by atoms with Gasteiger partial charge in [0.15, 0.2) is 12.3 Å². The minimum atomic E-state index is -0.635. The van der Waals surface area contributed by atoms with Gasteiger partial charge in [-0.3, -0.25) is 9.89 Å². The van der Waals surface area contributed by atoms with Gasteiger partial charge in [0.25, 0.3) is 5.91 Å². The molecule has 0 aliphatic rings. The molecule has 0 atom stereocenters. The van der Waals surface area contributed by atoms with Crippen LogP contribution in [-0.4, -0.2) is 28.7 Å². The standard InChI is InChI=1S/C18H17N3O3/c1-11-6-5-7-12(2)16(11)19-15(22)10-24-18(23)17-13-8-3-4-9-14(13)20-21-17/h3-9H,10H2,1-2H3,(H,19,22)(H,20,21). The number of nitrogens with one attached hydrogen (secondary N) is 2. The minimum absolute atomic E-state index is 0.172. The number of para-hydroxylation sites is 2. The quantitative estimate of drug-likeness (QED) is 0.723. The van der Waals surface area contributed by atoms with E-state index in [0.717, 1.165) is 22.3 Å². The lowest BCUT2D eigenvalue weighted by Crippen LogP contribution is -2.22. The molecule has 122 valence electrons. The first-order chi connectivity index (χ1) is 11.6. The van der Waals surface area contributed by atoms with Crippen molar-refractivity contribution >= 4 is 28.5 Å². The zero-order valence-electron chi connectivity index (χ0n) is 13.4. The van der Waals surface area contributed by atoms with Crippen LogP contribution in [0.5, 0.6) is 0 Å². The van der Waals surface area contributed by atoms with Gasteiger partial charge >= 0.3 is 5.97 Å². The molecule has 0 aliphatic carbocycles. The van der Waals surface area contributed by atoms with Crippen LogP contribution < -0.4 is 5.32 Å². The van der Waals surface area contributed by atoms with E-state index in [1.165, 1.54) is 0 Å². The van der Waals surface area contributed by atoms with Crippen molar-refractivity contribution in [2.45, 2.75) is 13.8 Å². The molecule has 1 amide bonds. The Kier molecular flexibility index (Phi) is 4.29. The molecule has 2 aromatic carbocycles. The predicted molar refractivity (Wildman–Crippen MR) is 90.9 cm³/mol. The Morgan fingerprint density at radius 1 is 1.08 bits per heavy atom.